The number of carbonyl (C=O) groups excluding carboxylic acids is 2. The predicted octanol–water partition coefficient (Wildman–Crippen LogP) is 4.72. The Kier molecular flexibility index (Phi) is 5.77. The number of aryl methyl sites for hydroxylation is 2. The number of Topliss-reactive ketones (excluding diaryl/α,β-unsaturated/α-hetero) is 1. The van der Waals surface area contributed by atoms with Crippen molar-refractivity contribution in [1.29, 1.82) is 0 Å². The van der Waals surface area contributed by atoms with Crippen molar-refractivity contribution < 1.29 is 19.4 Å². The molecule has 0 aliphatic carbocycles. The monoisotopic (exact) mass is 428 g/mol. The van der Waals surface area contributed by atoms with Crippen molar-refractivity contribution >= 4 is 23.3 Å². The maximum absolute atomic E-state index is 13.2. The molecule has 3 aromatic rings. The van der Waals surface area contributed by atoms with E-state index < -0.39 is 17.7 Å². The molecule has 4 rings (SSSR count). The van der Waals surface area contributed by atoms with E-state index >= 15 is 0 Å². The largest absolute Gasteiger partial charge is 0.507 e. The highest BCUT2D eigenvalue weighted by atomic mass is 16.5. The molecule has 0 radical (unpaired) electrons. The third-order valence-corrected chi connectivity index (χ3v) is 5.50. The standard InChI is InChI=1S/C26H24N2O4/c1-4-32-19-12-13-20(17(3)15-19)24(29)22-23(18-10-8-16(2)9-11-18)28(26(31)25(22)30)21-7-5-6-14-27-21/h5-15,23,29H,4H2,1-3H3. The highest BCUT2D eigenvalue weighted by Crippen LogP contribution is 2.42. The summed E-state index contributed by atoms with van der Waals surface area (Å²) in [5.41, 5.74) is 3.01. The van der Waals surface area contributed by atoms with Crippen LogP contribution in [-0.2, 0) is 9.59 Å². The topological polar surface area (TPSA) is 79.7 Å². The van der Waals surface area contributed by atoms with E-state index in [1.807, 2.05) is 45.0 Å². The zero-order valence-electron chi connectivity index (χ0n) is 18.2. The number of pyridine rings is 1. The molecule has 1 amide bonds. The van der Waals surface area contributed by atoms with Gasteiger partial charge in [-0.2, -0.15) is 0 Å². The Morgan fingerprint density at radius 3 is 2.44 bits per heavy atom. The van der Waals surface area contributed by atoms with Crippen LogP contribution >= 0.6 is 0 Å². The van der Waals surface area contributed by atoms with Crippen molar-refractivity contribution in [2.45, 2.75) is 26.8 Å². The van der Waals surface area contributed by atoms with Gasteiger partial charge in [0.15, 0.2) is 0 Å². The van der Waals surface area contributed by atoms with Crippen LogP contribution < -0.4 is 9.64 Å². The number of hydrogen-bond donors (Lipinski definition) is 1. The number of anilines is 1. The van der Waals surface area contributed by atoms with Gasteiger partial charge in [0.25, 0.3) is 5.78 Å². The number of aliphatic hydroxyl groups excluding tert-OH is 1. The molecule has 1 N–H and O–H groups in total. The van der Waals surface area contributed by atoms with E-state index in [-0.39, 0.29) is 11.3 Å². The average Bonchev–Trinajstić information content (AvgIpc) is 3.05. The number of rotatable bonds is 5. The predicted molar refractivity (Wildman–Crippen MR) is 123 cm³/mol. The summed E-state index contributed by atoms with van der Waals surface area (Å²) in [6, 6.07) is 17.2. The van der Waals surface area contributed by atoms with Crippen LogP contribution in [0.5, 0.6) is 5.75 Å². The summed E-state index contributed by atoms with van der Waals surface area (Å²) in [6.07, 6.45) is 1.57. The van der Waals surface area contributed by atoms with Crippen LogP contribution in [0.15, 0.2) is 72.4 Å². The molecule has 162 valence electrons. The molecule has 0 spiro atoms. The Bertz CT molecular complexity index is 1200. The molecular formula is C26H24N2O4. The fraction of sp³-hybridized carbons (Fsp3) is 0.192. The lowest BCUT2D eigenvalue weighted by molar-refractivity contribution is -0.132. The normalized spacial score (nSPS) is 17.6. The van der Waals surface area contributed by atoms with Crippen LogP contribution in [0, 0.1) is 13.8 Å². The third kappa shape index (κ3) is 3.75. The Labute approximate surface area is 186 Å². The molecule has 1 saturated heterocycles. The lowest BCUT2D eigenvalue weighted by Gasteiger charge is -2.24. The summed E-state index contributed by atoms with van der Waals surface area (Å²) in [4.78, 5) is 31.9. The Hall–Kier alpha value is -3.93. The number of hydrogen-bond acceptors (Lipinski definition) is 5. The minimum absolute atomic E-state index is 0.0387. The molecule has 1 unspecified atom stereocenters. The van der Waals surface area contributed by atoms with E-state index in [0.717, 1.165) is 11.1 Å². The maximum atomic E-state index is 13.2. The number of aliphatic hydroxyl groups is 1. The van der Waals surface area contributed by atoms with Gasteiger partial charge >= 0.3 is 5.91 Å². The zero-order chi connectivity index (χ0) is 22.8. The van der Waals surface area contributed by atoms with Gasteiger partial charge in [-0.05, 0) is 62.2 Å². The van der Waals surface area contributed by atoms with Gasteiger partial charge in [0.2, 0.25) is 0 Å². The Morgan fingerprint density at radius 2 is 1.81 bits per heavy atom. The summed E-state index contributed by atoms with van der Waals surface area (Å²) < 4.78 is 5.53. The minimum atomic E-state index is -0.795. The SMILES string of the molecule is CCOc1ccc(C(O)=C2C(=O)C(=O)N(c3ccccn3)C2c2ccc(C)cc2)c(C)c1. The van der Waals surface area contributed by atoms with Crippen LogP contribution in [0.1, 0.15) is 35.2 Å². The molecule has 1 fully saturated rings. The molecule has 1 atom stereocenters. The molecule has 2 aromatic carbocycles. The van der Waals surface area contributed by atoms with Crippen molar-refractivity contribution in [3.8, 4) is 5.75 Å². The second kappa shape index (κ2) is 8.67. The molecule has 32 heavy (non-hydrogen) atoms. The summed E-state index contributed by atoms with van der Waals surface area (Å²) in [5, 5.41) is 11.3. The van der Waals surface area contributed by atoms with E-state index in [1.165, 1.54) is 4.90 Å². The van der Waals surface area contributed by atoms with Crippen LogP contribution in [0.3, 0.4) is 0 Å². The molecule has 1 aliphatic rings. The van der Waals surface area contributed by atoms with Gasteiger partial charge in [0, 0.05) is 11.8 Å². The van der Waals surface area contributed by atoms with Crippen LogP contribution in [0.4, 0.5) is 5.82 Å². The fourth-order valence-electron chi connectivity index (χ4n) is 3.93. The number of ketones is 1. The van der Waals surface area contributed by atoms with E-state index in [0.29, 0.717) is 29.3 Å². The van der Waals surface area contributed by atoms with Gasteiger partial charge in [-0.1, -0.05) is 35.9 Å². The molecule has 0 saturated carbocycles. The van der Waals surface area contributed by atoms with Gasteiger partial charge < -0.3 is 9.84 Å². The summed E-state index contributed by atoms with van der Waals surface area (Å²) in [5.74, 6) is -0.660. The smallest absolute Gasteiger partial charge is 0.301 e. The number of benzene rings is 2. The van der Waals surface area contributed by atoms with Crippen molar-refractivity contribution in [2.24, 2.45) is 0 Å². The molecule has 1 aliphatic heterocycles. The van der Waals surface area contributed by atoms with E-state index in [4.69, 9.17) is 4.74 Å². The van der Waals surface area contributed by atoms with Gasteiger partial charge in [0.1, 0.15) is 17.3 Å². The minimum Gasteiger partial charge on any atom is -0.507 e. The number of ether oxygens (including phenoxy) is 1. The number of amides is 1. The zero-order valence-corrected chi connectivity index (χ0v) is 18.2. The fourth-order valence-corrected chi connectivity index (χ4v) is 3.93. The summed E-state index contributed by atoms with van der Waals surface area (Å²) >= 11 is 0. The van der Waals surface area contributed by atoms with E-state index in [2.05, 4.69) is 4.98 Å². The van der Waals surface area contributed by atoms with Gasteiger partial charge in [-0.3, -0.25) is 14.5 Å². The summed E-state index contributed by atoms with van der Waals surface area (Å²) in [7, 11) is 0. The van der Waals surface area contributed by atoms with Crippen molar-refractivity contribution in [3.05, 3.63) is 94.7 Å². The van der Waals surface area contributed by atoms with Crippen LogP contribution in [0.25, 0.3) is 5.76 Å². The number of nitrogens with zero attached hydrogens (tertiary/aromatic N) is 2. The van der Waals surface area contributed by atoms with Crippen molar-refractivity contribution in [1.82, 2.24) is 4.98 Å². The second-order valence-electron chi connectivity index (χ2n) is 7.68. The average molecular weight is 428 g/mol. The van der Waals surface area contributed by atoms with E-state index in [1.54, 1.807) is 42.6 Å². The van der Waals surface area contributed by atoms with Crippen LogP contribution in [0.2, 0.25) is 0 Å². The summed E-state index contributed by atoms with van der Waals surface area (Å²) in [6.45, 7) is 6.20. The Balaban J connectivity index is 1.91. The Morgan fingerprint density at radius 1 is 1.06 bits per heavy atom. The van der Waals surface area contributed by atoms with Crippen molar-refractivity contribution in [3.63, 3.8) is 0 Å². The van der Waals surface area contributed by atoms with Crippen molar-refractivity contribution in [2.75, 3.05) is 11.5 Å². The lowest BCUT2D eigenvalue weighted by atomic mass is 9.93. The maximum Gasteiger partial charge on any atom is 0.301 e. The first-order valence-corrected chi connectivity index (χ1v) is 10.4. The first kappa shape index (κ1) is 21.3. The molecule has 1 aromatic heterocycles. The first-order valence-electron chi connectivity index (χ1n) is 10.4. The van der Waals surface area contributed by atoms with Crippen LogP contribution in [-0.4, -0.2) is 28.4 Å². The quantitative estimate of drug-likeness (QED) is 0.361. The second-order valence-corrected chi connectivity index (χ2v) is 7.68. The highest BCUT2D eigenvalue weighted by molar-refractivity contribution is 6.51. The molecule has 2 heterocycles. The third-order valence-electron chi connectivity index (χ3n) is 5.50. The molecule has 6 heteroatoms. The van der Waals surface area contributed by atoms with Gasteiger partial charge in [-0.15, -0.1) is 0 Å². The molecular weight excluding hydrogens is 404 g/mol. The number of aromatic nitrogens is 1. The van der Waals surface area contributed by atoms with Gasteiger partial charge in [-0.25, -0.2) is 4.98 Å². The molecule has 6 nitrogen and oxygen atoms in total. The molecule has 0 bridgehead atoms. The number of carbonyl (C=O) groups is 2. The first-order chi connectivity index (χ1) is 15.4. The highest BCUT2D eigenvalue weighted by Gasteiger charge is 2.47. The van der Waals surface area contributed by atoms with E-state index in [9.17, 15) is 14.7 Å². The lowest BCUT2D eigenvalue weighted by Crippen LogP contribution is -2.30. The van der Waals surface area contributed by atoms with Gasteiger partial charge in [0.05, 0.1) is 18.2 Å².